The molecule has 0 aliphatic rings. The molecule has 21 heavy (non-hydrogen) atoms. The summed E-state index contributed by atoms with van der Waals surface area (Å²) >= 11 is 0. The van der Waals surface area contributed by atoms with Crippen molar-refractivity contribution in [3.63, 3.8) is 0 Å². The molecule has 2 aromatic carbocycles. The maximum absolute atomic E-state index is 10.0. The number of fused-ring (bicyclic) bond motifs is 1. The Hall–Kier alpha value is -1.91. The molecule has 2 aromatic rings. The van der Waals surface area contributed by atoms with Crippen LogP contribution < -0.4 is 5.11 Å². The molecule has 0 spiro atoms. The molecule has 0 saturated heterocycles. The first-order valence-electron chi connectivity index (χ1n) is 6.90. The van der Waals surface area contributed by atoms with E-state index in [4.69, 9.17) is 5.11 Å². The second kappa shape index (κ2) is 7.76. The van der Waals surface area contributed by atoms with Gasteiger partial charge < -0.3 is 19.5 Å². The standard InChI is InChI=1S/C10H8.C7H15NO3/c1-2-6-10-8-4-3-7-9(10)5-1;1-8(2,3)5-6(9)4-7(10)11/h1-8H;6,9H,4-5H2,1-3H3. The minimum atomic E-state index is -1.20. The van der Waals surface area contributed by atoms with Gasteiger partial charge in [-0.3, -0.25) is 0 Å². The topological polar surface area (TPSA) is 60.4 Å². The largest absolute Gasteiger partial charge is 0.550 e. The predicted octanol–water partition coefficient (Wildman–Crippen LogP) is 1.03. The van der Waals surface area contributed by atoms with Crippen molar-refractivity contribution in [2.24, 2.45) is 0 Å². The number of nitrogens with zero attached hydrogens (tertiary/aromatic N) is 1. The average molecular weight is 289 g/mol. The fourth-order valence-corrected chi connectivity index (χ4v) is 2.02. The first-order chi connectivity index (χ1) is 9.78. The summed E-state index contributed by atoms with van der Waals surface area (Å²) < 4.78 is 0.550. The van der Waals surface area contributed by atoms with Gasteiger partial charge in [0.15, 0.2) is 0 Å². The van der Waals surface area contributed by atoms with Crippen LogP contribution in [0.5, 0.6) is 0 Å². The highest BCUT2D eigenvalue weighted by molar-refractivity contribution is 5.81. The van der Waals surface area contributed by atoms with Crippen molar-refractivity contribution in [1.82, 2.24) is 0 Å². The quantitative estimate of drug-likeness (QED) is 0.855. The number of likely N-dealkylation sites (N-methyl/N-ethyl adjacent to an activating group) is 1. The molecule has 1 unspecified atom stereocenters. The number of aliphatic hydroxyl groups excluding tert-OH is 1. The molecule has 0 fully saturated rings. The first-order valence-corrected chi connectivity index (χ1v) is 6.90. The minimum absolute atomic E-state index is 0.282. The molecule has 114 valence electrons. The number of carbonyl (C=O) groups is 1. The molecule has 0 aromatic heterocycles. The van der Waals surface area contributed by atoms with E-state index in [0.717, 1.165) is 0 Å². The number of carboxylic acid groups (broad SMARTS) is 1. The first kappa shape index (κ1) is 17.1. The molecule has 0 aliphatic carbocycles. The van der Waals surface area contributed by atoms with Crippen LogP contribution >= 0.6 is 0 Å². The smallest absolute Gasteiger partial charge is 0.108 e. The van der Waals surface area contributed by atoms with E-state index in [9.17, 15) is 9.90 Å². The second-order valence-corrected chi connectivity index (χ2v) is 6.05. The Morgan fingerprint density at radius 2 is 1.43 bits per heavy atom. The number of aliphatic carboxylic acids is 1. The molecule has 0 radical (unpaired) electrons. The van der Waals surface area contributed by atoms with E-state index in [0.29, 0.717) is 11.0 Å². The Labute approximate surface area is 125 Å². The maximum Gasteiger partial charge on any atom is 0.108 e. The fraction of sp³-hybridized carbons (Fsp3) is 0.353. The van der Waals surface area contributed by atoms with Crippen LogP contribution in [0.1, 0.15) is 6.42 Å². The number of benzene rings is 2. The van der Waals surface area contributed by atoms with E-state index < -0.39 is 12.1 Å². The van der Waals surface area contributed by atoms with E-state index in [1.54, 1.807) is 0 Å². The summed E-state index contributed by atoms with van der Waals surface area (Å²) in [4.78, 5) is 10.0. The zero-order chi connectivity index (χ0) is 15.9. The summed E-state index contributed by atoms with van der Waals surface area (Å²) in [5, 5.41) is 21.8. The molecule has 4 nitrogen and oxygen atoms in total. The summed E-state index contributed by atoms with van der Waals surface area (Å²) in [6, 6.07) is 16.7. The molecule has 0 heterocycles. The van der Waals surface area contributed by atoms with Crippen molar-refractivity contribution in [1.29, 1.82) is 0 Å². The van der Waals surface area contributed by atoms with Crippen LogP contribution in [-0.4, -0.2) is 49.4 Å². The molecule has 2 rings (SSSR count). The third kappa shape index (κ3) is 7.44. The van der Waals surface area contributed by atoms with Gasteiger partial charge in [0.2, 0.25) is 0 Å². The van der Waals surface area contributed by atoms with Gasteiger partial charge in [-0.15, -0.1) is 0 Å². The van der Waals surface area contributed by atoms with Crippen molar-refractivity contribution in [2.75, 3.05) is 27.7 Å². The monoisotopic (exact) mass is 289 g/mol. The second-order valence-electron chi connectivity index (χ2n) is 6.05. The van der Waals surface area contributed by atoms with Crippen molar-refractivity contribution >= 4 is 16.7 Å². The molecule has 1 atom stereocenters. The van der Waals surface area contributed by atoms with Crippen LogP contribution in [0.25, 0.3) is 10.8 Å². The summed E-state index contributed by atoms with van der Waals surface area (Å²) in [5.74, 6) is -1.20. The van der Waals surface area contributed by atoms with Crippen LogP contribution in [0.15, 0.2) is 48.5 Å². The number of aliphatic hydroxyl groups is 1. The normalized spacial score (nSPS) is 12.4. The van der Waals surface area contributed by atoms with Gasteiger partial charge in [0.05, 0.1) is 21.1 Å². The van der Waals surface area contributed by atoms with Gasteiger partial charge in [0, 0.05) is 12.4 Å². The molecule has 1 N–H and O–H groups in total. The van der Waals surface area contributed by atoms with E-state index in [1.807, 2.05) is 21.1 Å². The summed E-state index contributed by atoms with van der Waals surface area (Å²) in [7, 11) is 5.66. The Morgan fingerprint density at radius 3 is 1.71 bits per heavy atom. The van der Waals surface area contributed by atoms with Crippen molar-refractivity contribution < 1.29 is 19.5 Å². The lowest BCUT2D eigenvalue weighted by Crippen LogP contribution is -2.43. The van der Waals surface area contributed by atoms with Crippen molar-refractivity contribution in [3.8, 4) is 0 Å². The molecule has 0 aliphatic heterocycles. The Balaban J connectivity index is 0.000000210. The van der Waals surface area contributed by atoms with Gasteiger partial charge in [-0.25, -0.2) is 0 Å². The lowest BCUT2D eigenvalue weighted by Gasteiger charge is -2.26. The molecular formula is C17H23NO3. The Kier molecular flexibility index (Phi) is 6.34. The molecule has 0 saturated carbocycles. The summed E-state index contributed by atoms with van der Waals surface area (Å²) in [5.41, 5.74) is 0. The predicted molar refractivity (Wildman–Crippen MR) is 82.5 cm³/mol. The SMILES string of the molecule is C[N+](C)(C)CC(O)CC(=O)[O-].c1ccc2ccccc2c1. The highest BCUT2D eigenvalue weighted by Crippen LogP contribution is 2.11. The number of hydrogen-bond donors (Lipinski definition) is 1. The van der Waals surface area contributed by atoms with Gasteiger partial charge >= 0.3 is 0 Å². The van der Waals surface area contributed by atoms with Gasteiger partial charge in [-0.1, -0.05) is 48.5 Å². The van der Waals surface area contributed by atoms with Gasteiger partial charge in [0.25, 0.3) is 0 Å². The molecule has 4 heteroatoms. The number of carbonyl (C=O) groups excluding carboxylic acids is 1. The van der Waals surface area contributed by atoms with Crippen LogP contribution in [0.4, 0.5) is 0 Å². The number of hydrogen-bond acceptors (Lipinski definition) is 3. The molecule has 0 amide bonds. The number of carboxylic acids is 1. The highest BCUT2D eigenvalue weighted by Gasteiger charge is 2.14. The highest BCUT2D eigenvalue weighted by atomic mass is 16.4. The van der Waals surface area contributed by atoms with Crippen molar-refractivity contribution in [3.05, 3.63) is 48.5 Å². The van der Waals surface area contributed by atoms with Crippen LogP contribution in [-0.2, 0) is 4.79 Å². The fourth-order valence-electron chi connectivity index (χ4n) is 2.02. The molecular weight excluding hydrogens is 266 g/mol. The van der Waals surface area contributed by atoms with Gasteiger partial charge in [0.1, 0.15) is 12.6 Å². The Bertz CT molecular complexity index is 510. The Morgan fingerprint density at radius 1 is 1.05 bits per heavy atom. The maximum atomic E-state index is 10.0. The van der Waals surface area contributed by atoms with Crippen LogP contribution in [0.3, 0.4) is 0 Å². The lowest BCUT2D eigenvalue weighted by molar-refractivity contribution is -0.873. The van der Waals surface area contributed by atoms with Crippen LogP contribution in [0.2, 0.25) is 0 Å². The molecule has 0 bridgehead atoms. The summed E-state index contributed by atoms with van der Waals surface area (Å²) in [6.07, 6.45) is -1.09. The van der Waals surface area contributed by atoms with E-state index in [2.05, 4.69) is 48.5 Å². The number of rotatable bonds is 4. The lowest BCUT2D eigenvalue weighted by atomic mass is 10.1. The van der Waals surface area contributed by atoms with Crippen LogP contribution in [0, 0.1) is 0 Å². The van der Waals surface area contributed by atoms with Gasteiger partial charge in [-0.05, 0) is 10.8 Å². The zero-order valence-electron chi connectivity index (χ0n) is 12.8. The van der Waals surface area contributed by atoms with E-state index in [1.165, 1.54) is 10.8 Å². The van der Waals surface area contributed by atoms with Gasteiger partial charge in [-0.2, -0.15) is 0 Å². The zero-order valence-corrected chi connectivity index (χ0v) is 12.8. The average Bonchev–Trinajstić information content (AvgIpc) is 2.36. The van der Waals surface area contributed by atoms with Crippen molar-refractivity contribution in [2.45, 2.75) is 12.5 Å². The summed E-state index contributed by atoms with van der Waals surface area (Å²) in [6.45, 7) is 0.425. The number of quaternary nitrogens is 1. The third-order valence-corrected chi connectivity index (χ3v) is 2.82. The third-order valence-electron chi connectivity index (χ3n) is 2.82. The van der Waals surface area contributed by atoms with E-state index in [-0.39, 0.29) is 6.42 Å². The minimum Gasteiger partial charge on any atom is -0.550 e. The van der Waals surface area contributed by atoms with E-state index >= 15 is 0 Å².